The second-order valence-corrected chi connectivity index (χ2v) is 5.75. The predicted octanol–water partition coefficient (Wildman–Crippen LogP) is 4.25. The van der Waals surface area contributed by atoms with Gasteiger partial charge >= 0.3 is 0 Å². The zero-order chi connectivity index (χ0) is 18.4. The number of aryl methyl sites for hydroxylation is 1. The highest BCUT2D eigenvalue weighted by atomic mass is 16.5. The van der Waals surface area contributed by atoms with Crippen molar-refractivity contribution in [3.63, 3.8) is 0 Å². The number of anilines is 1. The second kappa shape index (κ2) is 8.07. The van der Waals surface area contributed by atoms with Crippen LogP contribution in [0.2, 0.25) is 0 Å². The standard InChI is InChI=1S/C21H19N3O2/c1-16-8-14-20(23-22-16)26-19-12-10-18(11-13-19)24(2)21(25)15-9-17-6-4-3-5-7-17/h3-15H,1-2H3. The van der Waals surface area contributed by atoms with E-state index < -0.39 is 0 Å². The molecule has 5 nitrogen and oxygen atoms in total. The van der Waals surface area contributed by atoms with Gasteiger partial charge in [0.2, 0.25) is 5.88 Å². The number of carbonyl (C=O) groups is 1. The van der Waals surface area contributed by atoms with E-state index in [1.54, 1.807) is 42.3 Å². The summed E-state index contributed by atoms with van der Waals surface area (Å²) in [5, 5.41) is 7.92. The molecule has 0 saturated heterocycles. The molecular weight excluding hydrogens is 326 g/mol. The van der Waals surface area contributed by atoms with Gasteiger partial charge in [-0.2, -0.15) is 5.10 Å². The normalized spacial score (nSPS) is 10.7. The summed E-state index contributed by atoms with van der Waals surface area (Å²) < 4.78 is 5.64. The average Bonchev–Trinajstić information content (AvgIpc) is 2.69. The number of nitrogens with zero attached hydrogens (tertiary/aromatic N) is 3. The van der Waals surface area contributed by atoms with E-state index in [9.17, 15) is 4.79 Å². The Balaban J connectivity index is 1.64. The Labute approximate surface area is 152 Å². The van der Waals surface area contributed by atoms with Crippen molar-refractivity contribution in [3.8, 4) is 11.6 Å². The summed E-state index contributed by atoms with van der Waals surface area (Å²) in [5.74, 6) is 0.957. The van der Waals surface area contributed by atoms with Gasteiger partial charge in [-0.1, -0.05) is 30.3 Å². The van der Waals surface area contributed by atoms with Gasteiger partial charge in [-0.05, 0) is 48.9 Å². The number of ether oxygens (including phenoxy) is 1. The third kappa shape index (κ3) is 4.54. The van der Waals surface area contributed by atoms with E-state index in [1.165, 1.54) is 0 Å². The summed E-state index contributed by atoms with van der Waals surface area (Å²) in [4.78, 5) is 13.9. The predicted molar refractivity (Wildman–Crippen MR) is 102 cm³/mol. The van der Waals surface area contributed by atoms with Gasteiger partial charge in [-0.25, -0.2) is 0 Å². The van der Waals surface area contributed by atoms with Crippen LogP contribution in [0.4, 0.5) is 5.69 Å². The van der Waals surface area contributed by atoms with Gasteiger partial charge in [0.05, 0.1) is 5.69 Å². The van der Waals surface area contributed by atoms with Crippen molar-refractivity contribution >= 4 is 17.7 Å². The number of carbonyl (C=O) groups excluding carboxylic acids is 1. The number of benzene rings is 2. The van der Waals surface area contributed by atoms with E-state index >= 15 is 0 Å². The van der Waals surface area contributed by atoms with Crippen molar-refractivity contribution in [2.75, 3.05) is 11.9 Å². The summed E-state index contributed by atoms with van der Waals surface area (Å²) in [5.41, 5.74) is 2.59. The Morgan fingerprint density at radius 3 is 2.35 bits per heavy atom. The first-order valence-electron chi connectivity index (χ1n) is 8.21. The van der Waals surface area contributed by atoms with E-state index in [1.807, 2.05) is 55.5 Å². The van der Waals surface area contributed by atoms with Gasteiger partial charge in [0.25, 0.3) is 5.91 Å². The molecule has 3 rings (SSSR count). The molecule has 2 aromatic carbocycles. The zero-order valence-electron chi connectivity index (χ0n) is 14.7. The van der Waals surface area contributed by atoms with Gasteiger partial charge in [0.15, 0.2) is 0 Å². The highest BCUT2D eigenvalue weighted by molar-refractivity contribution is 6.03. The third-order valence-electron chi connectivity index (χ3n) is 3.77. The van der Waals surface area contributed by atoms with Crippen LogP contribution in [0.3, 0.4) is 0 Å². The van der Waals surface area contributed by atoms with Crippen LogP contribution in [0.15, 0.2) is 72.8 Å². The van der Waals surface area contributed by atoms with Crippen LogP contribution in [-0.4, -0.2) is 23.2 Å². The summed E-state index contributed by atoms with van der Waals surface area (Å²) in [6.45, 7) is 1.87. The maximum absolute atomic E-state index is 12.3. The van der Waals surface area contributed by atoms with Gasteiger partial charge in [-0.3, -0.25) is 4.79 Å². The molecule has 1 aromatic heterocycles. The van der Waals surface area contributed by atoms with Crippen molar-refractivity contribution in [2.24, 2.45) is 0 Å². The molecule has 0 unspecified atom stereocenters. The van der Waals surface area contributed by atoms with E-state index in [0.29, 0.717) is 11.6 Å². The minimum absolute atomic E-state index is 0.105. The highest BCUT2D eigenvalue weighted by Gasteiger charge is 2.08. The lowest BCUT2D eigenvalue weighted by molar-refractivity contribution is -0.113. The van der Waals surface area contributed by atoms with E-state index in [0.717, 1.165) is 16.9 Å². The first-order chi connectivity index (χ1) is 12.6. The Morgan fingerprint density at radius 1 is 0.962 bits per heavy atom. The highest BCUT2D eigenvalue weighted by Crippen LogP contribution is 2.22. The van der Waals surface area contributed by atoms with Gasteiger partial charge in [0, 0.05) is 24.9 Å². The van der Waals surface area contributed by atoms with Crippen molar-refractivity contribution in [1.82, 2.24) is 10.2 Å². The third-order valence-corrected chi connectivity index (χ3v) is 3.77. The SMILES string of the molecule is Cc1ccc(Oc2ccc(N(C)C(=O)C=Cc3ccccc3)cc2)nn1. The number of aromatic nitrogens is 2. The largest absolute Gasteiger partial charge is 0.438 e. The molecule has 0 saturated carbocycles. The molecule has 0 bridgehead atoms. The van der Waals surface area contributed by atoms with E-state index in [2.05, 4.69) is 10.2 Å². The quantitative estimate of drug-likeness (QED) is 0.649. The Kier molecular flexibility index (Phi) is 5.39. The number of likely N-dealkylation sites (N-methyl/N-ethyl adjacent to an activating group) is 1. The number of amides is 1. The molecule has 3 aromatic rings. The lowest BCUT2D eigenvalue weighted by Crippen LogP contribution is -2.23. The fourth-order valence-corrected chi connectivity index (χ4v) is 2.27. The fraction of sp³-hybridized carbons (Fsp3) is 0.0952. The zero-order valence-corrected chi connectivity index (χ0v) is 14.7. The smallest absolute Gasteiger partial charge is 0.250 e. The molecule has 1 heterocycles. The summed E-state index contributed by atoms with van der Waals surface area (Å²) >= 11 is 0. The molecule has 0 aliphatic heterocycles. The molecule has 0 fully saturated rings. The monoisotopic (exact) mass is 345 g/mol. The van der Waals surface area contributed by atoms with Gasteiger partial charge in [-0.15, -0.1) is 5.10 Å². The molecule has 0 spiro atoms. The van der Waals surface area contributed by atoms with Gasteiger partial charge in [0.1, 0.15) is 5.75 Å². The maximum atomic E-state index is 12.3. The topological polar surface area (TPSA) is 55.3 Å². The van der Waals surface area contributed by atoms with Crippen LogP contribution in [0.1, 0.15) is 11.3 Å². The Morgan fingerprint density at radius 2 is 1.69 bits per heavy atom. The van der Waals surface area contributed by atoms with E-state index in [4.69, 9.17) is 4.74 Å². The molecule has 130 valence electrons. The lowest BCUT2D eigenvalue weighted by Gasteiger charge is -2.15. The van der Waals surface area contributed by atoms with E-state index in [-0.39, 0.29) is 5.91 Å². The molecule has 0 aliphatic carbocycles. The first-order valence-corrected chi connectivity index (χ1v) is 8.21. The number of rotatable bonds is 5. The second-order valence-electron chi connectivity index (χ2n) is 5.75. The Hall–Kier alpha value is -3.47. The van der Waals surface area contributed by atoms with Crippen LogP contribution in [0, 0.1) is 6.92 Å². The first kappa shape index (κ1) is 17.4. The van der Waals surface area contributed by atoms with Crippen LogP contribution in [-0.2, 0) is 4.79 Å². The van der Waals surface area contributed by atoms with Crippen LogP contribution in [0.5, 0.6) is 11.6 Å². The minimum atomic E-state index is -0.105. The summed E-state index contributed by atoms with van der Waals surface area (Å²) in [6, 6.07) is 20.5. The Bertz CT molecular complexity index is 889. The van der Waals surface area contributed by atoms with Crippen molar-refractivity contribution in [2.45, 2.75) is 6.92 Å². The number of hydrogen-bond donors (Lipinski definition) is 0. The molecule has 26 heavy (non-hydrogen) atoms. The van der Waals surface area contributed by atoms with Crippen molar-refractivity contribution in [1.29, 1.82) is 0 Å². The summed E-state index contributed by atoms with van der Waals surface area (Å²) in [6.07, 6.45) is 3.36. The van der Waals surface area contributed by atoms with Crippen molar-refractivity contribution in [3.05, 3.63) is 84.1 Å². The summed E-state index contributed by atoms with van der Waals surface area (Å²) in [7, 11) is 1.74. The average molecular weight is 345 g/mol. The van der Waals surface area contributed by atoms with Gasteiger partial charge < -0.3 is 9.64 Å². The van der Waals surface area contributed by atoms with Crippen LogP contribution < -0.4 is 9.64 Å². The molecule has 0 N–H and O–H groups in total. The molecule has 5 heteroatoms. The fourth-order valence-electron chi connectivity index (χ4n) is 2.27. The number of hydrogen-bond acceptors (Lipinski definition) is 4. The lowest BCUT2D eigenvalue weighted by atomic mass is 10.2. The van der Waals surface area contributed by atoms with Crippen LogP contribution in [0.25, 0.3) is 6.08 Å². The molecule has 0 aliphatic rings. The minimum Gasteiger partial charge on any atom is -0.438 e. The molecule has 1 amide bonds. The van der Waals surface area contributed by atoms with Crippen molar-refractivity contribution < 1.29 is 9.53 Å². The maximum Gasteiger partial charge on any atom is 0.250 e. The molecule has 0 atom stereocenters. The molecule has 0 radical (unpaired) electrons. The molecular formula is C21H19N3O2. The van der Waals surface area contributed by atoms with Crippen LogP contribution >= 0.6 is 0 Å².